The van der Waals surface area contributed by atoms with E-state index in [0.717, 1.165) is 19.6 Å². The van der Waals surface area contributed by atoms with Crippen LogP contribution in [0.5, 0.6) is 11.5 Å². The average Bonchev–Trinajstić information content (AvgIpc) is 3.36. The maximum absolute atomic E-state index is 11.5. The molecule has 8 heteroatoms. The van der Waals surface area contributed by atoms with E-state index in [0.29, 0.717) is 41.7 Å². The first-order valence-electron chi connectivity index (χ1n) is 10.5. The summed E-state index contributed by atoms with van der Waals surface area (Å²) in [5, 5.41) is 0. The van der Waals surface area contributed by atoms with Gasteiger partial charge in [-0.3, -0.25) is 4.90 Å². The van der Waals surface area contributed by atoms with E-state index in [1.165, 1.54) is 27.1 Å². The Morgan fingerprint density at radius 2 is 1.28 bits per heavy atom. The van der Waals surface area contributed by atoms with E-state index >= 15 is 0 Å². The fourth-order valence-corrected chi connectivity index (χ4v) is 3.26. The lowest BCUT2D eigenvalue weighted by atomic mass is 10.2. The van der Waals surface area contributed by atoms with Crippen LogP contribution in [0.1, 0.15) is 33.6 Å². The Morgan fingerprint density at radius 3 is 1.75 bits per heavy atom. The number of hydrogen-bond acceptors (Lipinski definition) is 7. The minimum Gasteiger partial charge on any atom is -0.491 e. The number of carbonyl (C=O) groups excluding carboxylic acids is 2. The molecule has 0 N–H and O–H groups in total. The molecule has 1 heterocycles. The highest BCUT2D eigenvalue weighted by atomic mass is 35.5. The maximum Gasteiger partial charge on any atom is 0.341 e. The Bertz CT molecular complexity index is 854. The molecule has 1 aliphatic rings. The van der Waals surface area contributed by atoms with Gasteiger partial charge in [-0.15, -0.1) is 11.6 Å². The quantitative estimate of drug-likeness (QED) is 0.410. The number of likely N-dealkylation sites (tertiary alicyclic amines) is 1. The molecule has 0 saturated carbocycles. The Hall–Kier alpha value is -2.77. The van der Waals surface area contributed by atoms with Gasteiger partial charge in [0.1, 0.15) is 35.8 Å². The molecule has 1 saturated heterocycles. The smallest absolute Gasteiger partial charge is 0.341 e. The van der Waals surface area contributed by atoms with Crippen molar-refractivity contribution in [2.75, 3.05) is 52.9 Å². The third-order valence-electron chi connectivity index (χ3n) is 4.78. The van der Waals surface area contributed by atoms with Gasteiger partial charge in [-0.1, -0.05) is 24.3 Å². The van der Waals surface area contributed by atoms with Gasteiger partial charge in [-0.05, 0) is 50.2 Å². The van der Waals surface area contributed by atoms with Gasteiger partial charge in [-0.25, -0.2) is 9.59 Å². The molecule has 0 radical (unpaired) electrons. The molecular formula is C24H30ClNO6. The number of ether oxygens (including phenoxy) is 4. The van der Waals surface area contributed by atoms with E-state index in [1.54, 1.807) is 42.5 Å². The number of halogens is 1. The lowest BCUT2D eigenvalue weighted by Crippen LogP contribution is -2.25. The topological polar surface area (TPSA) is 74.3 Å². The van der Waals surface area contributed by atoms with Gasteiger partial charge in [0.25, 0.3) is 0 Å². The summed E-state index contributed by atoms with van der Waals surface area (Å²) in [6.07, 6.45) is 2.55. The van der Waals surface area contributed by atoms with Crippen molar-refractivity contribution in [3.8, 4) is 11.5 Å². The van der Waals surface area contributed by atoms with Gasteiger partial charge in [-0.2, -0.15) is 0 Å². The predicted molar refractivity (Wildman–Crippen MR) is 123 cm³/mol. The van der Waals surface area contributed by atoms with E-state index in [2.05, 4.69) is 9.64 Å². The third-order valence-corrected chi connectivity index (χ3v) is 4.94. The highest BCUT2D eigenvalue weighted by molar-refractivity contribution is 6.18. The van der Waals surface area contributed by atoms with Crippen molar-refractivity contribution < 1.29 is 28.5 Å². The van der Waals surface area contributed by atoms with Crippen molar-refractivity contribution in [2.45, 2.75) is 12.8 Å². The highest BCUT2D eigenvalue weighted by Gasteiger charge is 2.14. The molecule has 1 aliphatic heterocycles. The average molecular weight is 464 g/mol. The summed E-state index contributed by atoms with van der Waals surface area (Å²) in [6.45, 7) is 4.20. The molecule has 3 rings (SSSR count). The van der Waals surface area contributed by atoms with Gasteiger partial charge >= 0.3 is 11.9 Å². The zero-order chi connectivity index (χ0) is 23.2. The second-order valence-corrected chi connectivity index (χ2v) is 7.29. The van der Waals surface area contributed by atoms with Crippen LogP contribution >= 0.6 is 11.6 Å². The second-order valence-electron chi connectivity index (χ2n) is 6.91. The SMILES string of the molecule is COC(=O)c1ccccc1OCCCl.COC(=O)c1ccccc1OCCN1CCCC1. The molecule has 0 aliphatic carbocycles. The van der Waals surface area contributed by atoms with Crippen LogP contribution < -0.4 is 9.47 Å². The molecule has 2 aromatic rings. The van der Waals surface area contributed by atoms with Gasteiger partial charge in [0.05, 0.1) is 20.1 Å². The first kappa shape index (κ1) is 25.5. The number of rotatable bonds is 9. The summed E-state index contributed by atoms with van der Waals surface area (Å²) in [5.41, 5.74) is 0.904. The lowest BCUT2D eigenvalue weighted by molar-refractivity contribution is 0.0586. The molecule has 174 valence electrons. The van der Waals surface area contributed by atoms with Gasteiger partial charge in [0.2, 0.25) is 0 Å². The number of benzene rings is 2. The summed E-state index contributed by atoms with van der Waals surface area (Å²) >= 11 is 5.48. The molecule has 32 heavy (non-hydrogen) atoms. The summed E-state index contributed by atoms with van der Waals surface area (Å²) in [5.74, 6) is 0.723. The van der Waals surface area contributed by atoms with Crippen LogP contribution in [0.3, 0.4) is 0 Å². The molecule has 0 spiro atoms. The fourth-order valence-electron chi connectivity index (χ4n) is 3.18. The minimum atomic E-state index is -0.407. The molecule has 7 nitrogen and oxygen atoms in total. The van der Waals surface area contributed by atoms with Crippen molar-refractivity contribution >= 4 is 23.5 Å². The number of alkyl halides is 1. The number of carbonyl (C=O) groups is 2. The molecule has 2 aromatic carbocycles. The summed E-state index contributed by atoms with van der Waals surface area (Å²) in [6, 6.07) is 14.1. The zero-order valence-corrected chi connectivity index (χ0v) is 19.3. The van der Waals surface area contributed by atoms with Crippen LogP contribution in [0, 0.1) is 0 Å². The lowest BCUT2D eigenvalue weighted by Gasteiger charge is -2.15. The first-order valence-corrected chi connectivity index (χ1v) is 11.0. The number of para-hydroxylation sites is 2. The fraction of sp³-hybridized carbons (Fsp3) is 0.417. The van der Waals surface area contributed by atoms with Crippen molar-refractivity contribution in [3.05, 3.63) is 59.7 Å². The van der Waals surface area contributed by atoms with Crippen LogP contribution in [0.15, 0.2) is 48.5 Å². The highest BCUT2D eigenvalue weighted by Crippen LogP contribution is 2.19. The minimum absolute atomic E-state index is 0.355. The number of hydrogen-bond donors (Lipinski definition) is 0. The zero-order valence-electron chi connectivity index (χ0n) is 18.6. The molecular weight excluding hydrogens is 434 g/mol. The van der Waals surface area contributed by atoms with Crippen LogP contribution in [-0.4, -0.2) is 69.8 Å². The Kier molecular flexibility index (Phi) is 11.4. The Labute approximate surface area is 194 Å². The molecule has 0 bridgehead atoms. The summed E-state index contributed by atoms with van der Waals surface area (Å²) in [4.78, 5) is 25.2. The van der Waals surface area contributed by atoms with Crippen molar-refractivity contribution in [1.29, 1.82) is 0 Å². The predicted octanol–water partition coefficient (Wildman–Crippen LogP) is 4.04. The van der Waals surface area contributed by atoms with Crippen LogP contribution in [0.2, 0.25) is 0 Å². The van der Waals surface area contributed by atoms with Gasteiger partial charge in [0, 0.05) is 6.54 Å². The van der Waals surface area contributed by atoms with E-state index in [-0.39, 0.29) is 5.97 Å². The van der Waals surface area contributed by atoms with Crippen molar-refractivity contribution in [3.63, 3.8) is 0 Å². The van der Waals surface area contributed by atoms with Crippen molar-refractivity contribution in [1.82, 2.24) is 4.90 Å². The third kappa shape index (κ3) is 8.05. The first-order chi connectivity index (χ1) is 15.6. The Balaban J connectivity index is 0.000000235. The van der Waals surface area contributed by atoms with Gasteiger partial charge in [0.15, 0.2) is 0 Å². The van der Waals surface area contributed by atoms with E-state index in [1.807, 2.05) is 6.07 Å². The van der Waals surface area contributed by atoms with Crippen LogP contribution in [0.4, 0.5) is 0 Å². The van der Waals surface area contributed by atoms with E-state index < -0.39 is 5.97 Å². The normalized spacial score (nSPS) is 13.0. The molecule has 0 unspecified atom stereocenters. The summed E-state index contributed by atoms with van der Waals surface area (Å²) < 4.78 is 20.3. The van der Waals surface area contributed by atoms with Gasteiger partial charge < -0.3 is 18.9 Å². The summed E-state index contributed by atoms with van der Waals surface area (Å²) in [7, 11) is 2.71. The van der Waals surface area contributed by atoms with Crippen molar-refractivity contribution in [2.24, 2.45) is 0 Å². The van der Waals surface area contributed by atoms with E-state index in [9.17, 15) is 9.59 Å². The monoisotopic (exact) mass is 463 g/mol. The number of nitrogens with zero attached hydrogens (tertiary/aromatic N) is 1. The Morgan fingerprint density at radius 1 is 0.812 bits per heavy atom. The molecule has 1 fully saturated rings. The number of methoxy groups -OCH3 is 2. The number of esters is 2. The van der Waals surface area contributed by atoms with E-state index in [4.69, 9.17) is 25.8 Å². The molecule has 0 amide bonds. The van der Waals surface area contributed by atoms with Crippen LogP contribution in [0.25, 0.3) is 0 Å². The largest absolute Gasteiger partial charge is 0.491 e. The maximum atomic E-state index is 11.5. The molecule has 0 aromatic heterocycles. The molecule has 0 atom stereocenters. The van der Waals surface area contributed by atoms with Crippen LogP contribution in [-0.2, 0) is 9.47 Å². The second kappa shape index (κ2) is 14.3. The standard InChI is InChI=1S/C14H19NO3.C10H11ClO3/c1-17-14(16)12-6-2-3-7-13(12)18-11-10-15-8-4-5-9-15;1-13-10(12)8-4-2-3-5-9(8)14-7-6-11/h2-3,6-7H,4-5,8-11H2,1H3;2-5H,6-7H2,1H3.